The third-order valence-electron chi connectivity index (χ3n) is 3.37. The number of ether oxygens (including phenoxy) is 1. The van der Waals surface area contributed by atoms with Crippen molar-refractivity contribution < 1.29 is 4.74 Å². The summed E-state index contributed by atoms with van der Waals surface area (Å²) < 4.78 is 5.16. The summed E-state index contributed by atoms with van der Waals surface area (Å²) >= 11 is 1.72. The lowest BCUT2D eigenvalue weighted by atomic mass is 10.2. The van der Waals surface area contributed by atoms with Gasteiger partial charge in [0.2, 0.25) is 0 Å². The largest absolute Gasteiger partial charge is 0.497 e. The number of aromatic nitrogens is 1. The summed E-state index contributed by atoms with van der Waals surface area (Å²) in [6.07, 6.45) is 2.16. The molecule has 1 aromatic carbocycles. The van der Waals surface area contributed by atoms with Gasteiger partial charge in [-0.2, -0.15) is 0 Å². The second kappa shape index (κ2) is 4.07. The van der Waals surface area contributed by atoms with Crippen molar-refractivity contribution in [3.63, 3.8) is 0 Å². The Kier molecular flexibility index (Phi) is 2.64. The van der Waals surface area contributed by atoms with Crippen molar-refractivity contribution in [3.8, 4) is 16.3 Å². The Labute approximate surface area is 111 Å². The number of nitrogens with two attached hydrogens (primary N) is 1. The highest BCUT2D eigenvalue weighted by molar-refractivity contribution is 7.15. The number of hydrogen-bond donors (Lipinski definition) is 1. The highest BCUT2D eigenvalue weighted by Gasteiger charge is 2.43. The molecule has 1 aliphatic rings. The molecule has 0 bridgehead atoms. The highest BCUT2D eigenvalue weighted by Crippen LogP contribution is 2.47. The maximum absolute atomic E-state index is 6.26. The summed E-state index contributed by atoms with van der Waals surface area (Å²) in [4.78, 5) is 5.88. The van der Waals surface area contributed by atoms with Crippen LogP contribution in [0.2, 0.25) is 0 Å². The number of methoxy groups -OCH3 is 1. The van der Waals surface area contributed by atoms with E-state index in [4.69, 9.17) is 10.5 Å². The Morgan fingerprint density at radius 3 is 2.50 bits per heavy atom. The topological polar surface area (TPSA) is 48.1 Å². The number of nitrogens with zero attached hydrogens (tertiary/aromatic N) is 1. The normalized spacial score (nSPS) is 16.6. The molecule has 0 saturated heterocycles. The van der Waals surface area contributed by atoms with E-state index in [-0.39, 0.29) is 5.54 Å². The second-order valence-electron chi connectivity index (χ2n) is 4.82. The molecule has 0 spiro atoms. The lowest BCUT2D eigenvalue weighted by Crippen LogP contribution is -2.18. The zero-order valence-electron chi connectivity index (χ0n) is 10.6. The minimum Gasteiger partial charge on any atom is -0.497 e. The Morgan fingerprint density at radius 1 is 1.28 bits per heavy atom. The fourth-order valence-corrected chi connectivity index (χ4v) is 3.31. The molecule has 94 valence electrons. The van der Waals surface area contributed by atoms with Gasteiger partial charge < -0.3 is 10.5 Å². The van der Waals surface area contributed by atoms with Gasteiger partial charge in [-0.1, -0.05) is 0 Å². The van der Waals surface area contributed by atoms with Crippen LogP contribution in [0.15, 0.2) is 24.3 Å². The molecule has 0 aliphatic heterocycles. The second-order valence-corrected chi connectivity index (χ2v) is 5.82. The minimum atomic E-state index is -0.0908. The van der Waals surface area contributed by atoms with Gasteiger partial charge in [-0.15, -0.1) is 11.3 Å². The van der Waals surface area contributed by atoms with E-state index in [1.165, 1.54) is 4.88 Å². The maximum atomic E-state index is 6.26. The quantitative estimate of drug-likeness (QED) is 0.922. The number of hydrogen-bond acceptors (Lipinski definition) is 4. The van der Waals surface area contributed by atoms with Crippen molar-refractivity contribution in [2.24, 2.45) is 5.73 Å². The summed E-state index contributed by atoms with van der Waals surface area (Å²) in [5.74, 6) is 0.865. The molecule has 18 heavy (non-hydrogen) atoms. The van der Waals surface area contributed by atoms with E-state index >= 15 is 0 Å². The van der Waals surface area contributed by atoms with Gasteiger partial charge in [-0.25, -0.2) is 4.98 Å². The van der Waals surface area contributed by atoms with Crippen LogP contribution in [0.3, 0.4) is 0 Å². The monoisotopic (exact) mass is 260 g/mol. The molecule has 3 rings (SSSR count). The highest BCUT2D eigenvalue weighted by atomic mass is 32.1. The standard InChI is InChI=1S/C14H16N2OS/c1-9-12(14(15)7-8-14)18-13(16-9)10-3-5-11(17-2)6-4-10/h3-6H,7-8,15H2,1-2H3. The molecule has 2 aromatic rings. The van der Waals surface area contributed by atoms with Crippen molar-refractivity contribution in [3.05, 3.63) is 34.8 Å². The number of aryl methyl sites for hydroxylation is 1. The zero-order valence-corrected chi connectivity index (χ0v) is 11.4. The first-order chi connectivity index (χ1) is 8.62. The smallest absolute Gasteiger partial charge is 0.123 e. The summed E-state index contributed by atoms with van der Waals surface area (Å²) in [6, 6.07) is 8.00. The Hall–Kier alpha value is -1.39. The van der Waals surface area contributed by atoms with Crippen LogP contribution in [0.1, 0.15) is 23.4 Å². The van der Waals surface area contributed by atoms with Gasteiger partial charge in [0.25, 0.3) is 0 Å². The molecule has 3 nitrogen and oxygen atoms in total. The number of thiazole rings is 1. The molecule has 0 amide bonds. The van der Waals surface area contributed by atoms with E-state index in [9.17, 15) is 0 Å². The lowest BCUT2D eigenvalue weighted by molar-refractivity contribution is 0.415. The molecule has 1 fully saturated rings. The summed E-state index contributed by atoms with van der Waals surface area (Å²) in [5.41, 5.74) is 8.36. The molecule has 4 heteroatoms. The first-order valence-electron chi connectivity index (χ1n) is 6.03. The van der Waals surface area contributed by atoms with Gasteiger partial charge in [0.15, 0.2) is 0 Å². The van der Waals surface area contributed by atoms with Crippen LogP contribution in [-0.2, 0) is 5.54 Å². The number of rotatable bonds is 3. The van der Waals surface area contributed by atoms with Gasteiger partial charge in [0, 0.05) is 10.4 Å². The molecular formula is C14H16N2OS. The van der Waals surface area contributed by atoms with Crippen LogP contribution in [-0.4, -0.2) is 12.1 Å². The molecule has 1 aliphatic carbocycles. The summed E-state index contributed by atoms with van der Waals surface area (Å²) in [6.45, 7) is 2.05. The summed E-state index contributed by atoms with van der Waals surface area (Å²) in [7, 11) is 1.67. The van der Waals surface area contributed by atoms with Crippen molar-refractivity contribution >= 4 is 11.3 Å². The van der Waals surface area contributed by atoms with Crippen LogP contribution in [0.4, 0.5) is 0 Å². The van der Waals surface area contributed by atoms with E-state index < -0.39 is 0 Å². The lowest BCUT2D eigenvalue weighted by Gasteiger charge is -2.04. The van der Waals surface area contributed by atoms with Crippen molar-refractivity contribution in [2.45, 2.75) is 25.3 Å². The molecule has 1 aromatic heterocycles. The predicted octanol–water partition coefficient (Wildman–Crippen LogP) is 3.07. The van der Waals surface area contributed by atoms with E-state index in [0.29, 0.717) is 0 Å². The van der Waals surface area contributed by atoms with Crippen LogP contribution >= 0.6 is 11.3 Å². The van der Waals surface area contributed by atoms with Gasteiger partial charge in [0.05, 0.1) is 18.3 Å². The fraction of sp³-hybridized carbons (Fsp3) is 0.357. The first-order valence-corrected chi connectivity index (χ1v) is 6.85. The molecular weight excluding hydrogens is 244 g/mol. The first kappa shape index (κ1) is 11.7. The molecule has 1 heterocycles. The van der Waals surface area contributed by atoms with E-state index in [0.717, 1.165) is 34.9 Å². The average Bonchev–Trinajstić information content (AvgIpc) is 3.00. The van der Waals surface area contributed by atoms with Gasteiger partial charge in [-0.05, 0) is 44.0 Å². The van der Waals surface area contributed by atoms with Crippen LogP contribution in [0, 0.1) is 6.92 Å². The van der Waals surface area contributed by atoms with E-state index in [1.807, 2.05) is 31.2 Å². The van der Waals surface area contributed by atoms with Crippen molar-refractivity contribution in [1.82, 2.24) is 4.98 Å². The van der Waals surface area contributed by atoms with Gasteiger partial charge >= 0.3 is 0 Å². The summed E-state index contributed by atoms with van der Waals surface area (Å²) in [5, 5.41) is 1.04. The molecule has 1 saturated carbocycles. The Balaban J connectivity index is 1.96. The Morgan fingerprint density at radius 2 is 1.94 bits per heavy atom. The van der Waals surface area contributed by atoms with Gasteiger partial charge in [-0.3, -0.25) is 0 Å². The minimum absolute atomic E-state index is 0.0908. The average molecular weight is 260 g/mol. The fourth-order valence-electron chi connectivity index (χ4n) is 2.08. The van der Waals surface area contributed by atoms with Crippen LogP contribution < -0.4 is 10.5 Å². The molecule has 0 radical (unpaired) electrons. The SMILES string of the molecule is COc1ccc(-c2nc(C)c(C3(N)CC3)s2)cc1. The van der Waals surface area contributed by atoms with Crippen molar-refractivity contribution in [1.29, 1.82) is 0 Å². The van der Waals surface area contributed by atoms with Crippen molar-refractivity contribution in [2.75, 3.05) is 7.11 Å². The third-order valence-corrected chi connectivity index (χ3v) is 4.80. The maximum Gasteiger partial charge on any atom is 0.123 e. The Bertz CT molecular complexity index is 570. The molecule has 0 unspecified atom stereocenters. The third kappa shape index (κ3) is 1.91. The molecule has 0 atom stereocenters. The number of benzene rings is 1. The van der Waals surface area contributed by atoms with Crippen LogP contribution in [0.5, 0.6) is 5.75 Å². The van der Waals surface area contributed by atoms with E-state index in [1.54, 1.807) is 18.4 Å². The van der Waals surface area contributed by atoms with Crippen LogP contribution in [0.25, 0.3) is 10.6 Å². The zero-order chi connectivity index (χ0) is 12.8. The molecule has 2 N–H and O–H groups in total. The predicted molar refractivity (Wildman–Crippen MR) is 73.9 cm³/mol. The van der Waals surface area contributed by atoms with E-state index in [2.05, 4.69) is 4.98 Å². The van der Waals surface area contributed by atoms with Gasteiger partial charge in [0.1, 0.15) is 10.8 Å².